The lowest BCUT2D eigenvalue weighted by atomic mass is 9.93. The van der Waals surface area contributed by atoms with Crippen LogP contribution in [-0.2, 0) is 17.5 Å². The molecule has 0 aliphatic heterocycles. The van der Waals surface area contributed by atoms with Crippen LogP contribution in [0.25, 0.3) is 22.3 Å². The largest absolute Gasteiger partial charge is 0.325 e. The molecule has 176 valence electrons. The van der Waals surface area contributed by atoms with E-state index in [0.29, 0.717) is 19.5 Å². The Morgan fingerprint density at radius 3 is 2.39 bits per heavy atom. The van der Waals surface area contributed by atoms with Gasteiger partial charge in [-0.2, -0.15) is 0 Å². The summed E-state index contributed by atoms with van der Waals surface area (Å²) in [5.41, 5.74) is 6.84. The third-order valence-electron chi connectivity index (χ3n) is 5.72. The maximum absolute atomic E-state index is 11.0. The van der Waals surface area contributed by atoms with Gasteiger partial charge in [0, 0.05) is 24.0 Å². The summed E-state index contributed by atoms with van der Waals surface area (Å²) in [5.74, 6) is 0. The summed E-state index contributed by atoms with van der Waals surface area (Å²) in [5, 5.41) is 3.29. The van der Waals surface area contributed by atoms with Crippen molar-refractivity contribution < 1.29 is 14.4 Å². The van der Waals surface area contributed by atoms with Crippen molar-refractivity contribution >= 4 is 7.60 Å². The van der Waals surface area contributed by atoms with Gasteiger partial charge in [-0.05, 0) is 60.2 Å². The van der Waals surface area contributed by atoms with E-state index >= 15 is 0 Å². The van der Waals surface area contributed by atoms with Crippen LogP contribution < -0.4 is 5.32 Å². The summed E-state index contributed by atoms with van der Waals surface area (Å²) < 4.78 is 11.0. The number of nitrogens with one attached hydrogen (secondary N) is 1. The Labute approximate surface area is 197 Å². The number of unbranched alkanes of at least 4 members (excludes halogenated alkanes) is 3. The van der Waals surface area contributed by atoms with Gasteiger partial charge in [-0.3, -0.25) is 9.55 Å². The lowest BCUT2D eigenvalue weighted by molar-refractivity contribution is 0.371. The SMILES string of the molecule is CCCCCCc1ccc(-c2ccc(CNCCCP(=O)(O)O)cc2-c2ccccc2)cn1. The van der Waals surface area contributed by atoms with Gasteiger partial charge >= 0.3 is 7.60 Å². The van der Waals surface area contributed by atoms with Crippen LogP contribution in [0.1, 0.15) is 50.3 Å². The summed E-state index contributed by atoms with van der Waals surface area (Å²) in [4.78, 5) is 22.7. The number of aromatic nitrogens is 1. The minimum absolute atomic E-state index is 0.0875. The Hall–Kier alpha value is -2.30. The molecule has 6 heteroatoms. The molecule has 0 saturated carbocycles. The zero-order chi connectivity index (χ0) is 23.5. The smallest absolute Gasteiger partial charge is 0.324 e. The van der Waals surface area contributed by atoms with Crippen LogP contribution in [0.2, 0.25) is 0 Å². The van der Waals surface area contributed by atoms with Crippen molar-refractivity contribution in [3.8, 4) is 22.3 Å². The molecule has 0 radical (unpaired) electrons. The standard InChI is InChI=1S/C27H35N2O3P/c1-2-3-4-8-12-25-15-14-24(21-29-25)26-16-13-22(20-28-17-9-18-33(30,31)32)19-27(26)23-10-6-5-7-11-23/h5-7,10-11,13-16,19,21,28H,2-4,8-9,12,17-18,20H2,1H3,(H2,30,31,32). The van der Waals surface area contributed by atoms with E-state index in [1.807, 2.05) is 24.4 Å². The topological polar surface area (TPSA) is 82.5 Å². The van der Waals surface area contributed by atoms with E-state index in [9.17, 15) is 4.57 Å². The molecule has 5 nitrogen and oxygen atoms in total. The Balaban J connectivity index is 1.74. The number of hydrogen-bond donors (Lipinski definition) is 3. The molecule has 3 N–H and O–H groups in total. The first-order valence-electron chi connectivity index (χ1n) is 11.9. The normalized spacial score (nSPS) is 11.6. The second-order valence-electron chi connectivity index (χ2n) is 8.51. The molecule has 0 unspecified atom stereocenters. The summed E-state index contributed by atoms with van der Waals surface area (Å²) in [6.07, 6.45) is 8.34. The van der Waals surface area contributed by atoms with E-state index in [-0.39, 0.29) is 6.16 Å². The van der Waals surface area contributed by atoms with Gasteiger partial charge in [0.05, 0.1) is 6.16 Å². The van der Waals surface area contributed by atoms with E-state index in [4.69, 9.17) is 14.8 Å². The lowest BCUT2D eigenvalue weighted by Crippen LogP contribution is -2.15. The first kappa shape index (κ1) is 25.3. The van der Waals surface area contributed by atoms with Crippen molar-refractivity contribution in [2.75, 3.05) is 12.7 Å². The summed E-state index contributed by atoms with van der Waals surface area (Å²) >= 11 is 0. The van der Waals surface area contributed by atoms with Crippen LogP contribution in [0.15, 0.2) is 66.9 Å². The molecule has 0 aliphatic rings. The van der Waals surface area contributed by atoms with Gasteiger partial charge in [-0.1, -0.05) is 74.7 Å². The quantitative estimate of drug-likeness (QED) is 0.206. The predicted octanol–water partition coefficient (Wildman–Crippen LogP) is 6.20. The van der Waals surface area contributed by atoms with Crippen molar-refractivity contribution in [3.63, 3.8) is 0 Å². The zero-order valence-electron chi connectivity index (χ0n) is 19.4. The molecule has 0 bridgehead atoms. The number of aryl methyl sites for hydroxylation is 1. The maximum Gasteiger partial charge on any atom is 0.325 e. The van der Waals surface area contributed by atoms with Crippen LogP contribution in [-0.4, -0.2) is 27.5 Å². The van der Waals surface area contributed by atoms with Gasteiger partial charge < -0.3 is 15.1 Å². The van der Waals surface area contributed by atoms with Gasteiger partial charge in [0.2, 0.25) is 0 Å². The molecular formula is C27H35N2O3P. The Morgan fingerprint density at radius 1 is 0.879 bits per heavy atom. The highest BCUT2D eigenvalue weighted by atomic mass is 31.2. The summed E-state index contributed by atoms with van der Waals surface area (Å²) in [6.45, 7) is 3.44. The zero-order valence-corrected chi connectivity index (χ0v) is 20.3. The lowest BCUT2D eigenvalue weighted by Gasteiger charge is -2.14. The molecule has 2 aromatic carbocycles. The average Bonchev–Trinajstić information content (AvgIpc) is 2.82. The molecule has 0 saturated heterocycles. The molecular weight excluding hydrogens is 431 g/mol. The van der Waals surface area contributed by atoms with Gasteiger partial charge in [0.15, 0.2) is 0 Å². The van der Waals surface area contributed by atoms with Crippen LogP contribution in [0.4, 0.5) is 0 Å². The minimum Gasteiger partial charge on any atom is -0.324 e. The first-order valence-corrected chi connectivity index (χ1v) is 13.6. The average molecular weight is 467 g/mol. The first-order chi connectivity index (χ1) is 16.0. The molecule has 0 atom stereocenters. The Kier molecular flexibility index (Phi) is 9.83. The third kappa shape index (κ3) is 8.53. The highest BCUT2D eigenvalue weighted by Crippen LogP contribution is 2.35. The highest BCUT2D eigenvalue weighted by Gasteiger charge is 2.12. The molecule has 0 spiro atoms. The van der Waals surface area contributed by atoms with Gasteiger partial charge in [0.1, 0.15) is 0 Å². The molecule has 0 aliphatic carbocycles. The summed E-state index contributed by atoms with van der Waals surface area (Å²) in [7, 11) is -3.93. The van der Waals surface area contributed by atoms with E-state index in [1.54, 1.807) is 0 Å². The molecule has 0 amide bonds. The van der Waals surface area contributed by atoms with Crippen LogP contribution in [0.5, 0.6) is 0 Å². The van der Waals surface area contributed by atoms with Crippen molar-refractivity contribution in [2.45, 2.75) is 52.0 Å². The van der Waals surface area contributed by atoms with Gasteiger partial charge in [-0.15, -0.1) is 0 Å². The fraction of sp³-hybridized carbons (Fsp3) is 0.370. The van der Waals surface area contributed by atoms with Crippen LogP contribution in [0.3, 0.4) is 0 Å². The molecule has 1 aromatic heterocycles. The predicted molar refractivity (Wildman–Crippen MR) is 136 cm³/mol. The van der Waals surface area contributed by atoms with Crippen LogP contribution >= 0.6 is 7.60 Å². The fourth-order valence-corrected chi connectivity index (χ4v) is 4.49. The number of pyridine rings is 1. The van der Waals surface area contributed by atoms with Crippen molar-refractivity contribution in [2.24, 2.45) is 0 Å². The molecule has 0 fully saturated rings. The fourth-order valence-electron chi connectivity index (χ4n) is 3.92. The van der Waals surface area contributed by atoms with E-state index < -0.39 is 7.60 Å². The molecule has 33 heavy (non-hydrogen) atoms. The molecule has 3 rings (SSSR count). The Bertz CT molecular complexity index is 1030. The monoisotopic (exact) mass is 466 g/mol. The highest BCUT2D eigenvalue weighted by molar-refractivity contribution is 7.51. The number of hydrogen-bond acceptors (Lipinski definition) is 3. The van der Waals surface area contributed by atoms with Crippen molar-refractivity contribution in [3.05, 3.63) is 78.1 Å². The van der Waals surface area contributed by atoms with E-state index in [0.717, 1.165) is 39.9 Å². The molecule has 1 heterocycles. The van der Waals surface area contributed by atoms with Crippen molar-refractivity contribution in [1.82, 2.24) is 10.3 Å². The van der Waals surface area contributed by atoms with Gasteiger partial charge in [-0.25, -0.2) is 0 Å². The van der Waals surface area contributed by atoms with Crippen LogP contribution in [0, 0.1) is 0 Å². The number of nitrogens with zero attached hydrogens (tertiary/aromatic N) is 1. The molecule has 3 aromatic rings. The summed E-state index contributed by atoms with van der Waals surface area (Å²) in [6, 6.07) is 21.1. The second kappa shape index (κ2) is 12.8. The second-order valence-corrected chi connectivity index (χ2v) is 10.3. The van der Waals surface area contributed by atoms with Gasteiger partial charge in [0.25, 0.3) is 0 Å². The number of rotatable bonds is 13. The third-order valence-corrected chi connectivity index (χ3v) is 6.62. The maximum atomic E-state index is 11.0. The van der Waals surface area contributed by atoms with E-state index in [1.165, 1.54) is 25.7 Å². The Morgan fingerprint density at radius 2 is 1.70 bits per heavy atom. The number of benzene rings is 2. The van der Waals surface area contributed by atoms with E-state index in [2.05, 4.69) is 54.7 Å². The van der Waals surface area contributed by atoms with Crippen molar-refractivity contribution in [1.29, 1.82) is 0 Å². The minimum atomic E-state index is -3.93.